The van der Waals surface area contributed by atoms with Crippen LogP contribution >= 0.6 is 0 Å². The molecule has 0 spiro atoms. The Balaban J connectivity index is 1.50. The number of ether oxygens (including phenoxy) is 1. The van der Waals surface area contributed by atoms with Gasteiger partial charge in [-0.3, -0.25) is 4.79 Å². The third-order valence-corrected chi connectivity index (χ3v) is 7.62. The number of esters is 1. The molecule has 0 bridgehead atoms. The molecule has 0 radical (unpaired) electrons. The quantitative estimate of drug-likeness (QED) is 0.0850. The highest BCUT2D eigenvalue weighted by Gasteiger charge is 2.45. The van der Waals surface area contributed by atoms with Crippen LogP contribution in [0.1, 0.15) is 103 Å². The van der Waals surface area contributed by atoms with Crippen molar-refractivity contribution in [3.63, 3.8) is 0 Å². The molecule has 1 atom stereocenters. The van der Waals surface area contributed by atoms with E-state index in [4.69, 9.17) is 4.74 Å². The smallest absolute Gasteiger partial charge is 0.402 e. The lowest BCUT2D eigenvalue weighted by atomic mass is 10.0. The molecular weight excluding hydrogens is 537 g/mol. The predicted octanol–water partition coefficient (Wildman–Crippen LogP) is 10.5. The van der Waals surface area contributed by atoms with E-state index in [1.807, 2.05) is 6.92 Å². The molecule has 0 saturated carbocycles. The number of alkyl halides is 3. The van der Waals surface area contributed by atoms with Gasteiger partial charge in [0, 0.05) is 23.5 Å². The molecule has 0 aliphatic rings. The van der Waals surface area contributed by atoms with Crippen LogP contribution in [0.5, 0.6) is 5.75 Å². The second-order valence-electron chi connectivity index (χ2n) is 11.1. The molecule has 7 heteroatoms. The first-order chi connectivity index (χ1) is 20.3. The van der Waals surface area contributed by atoms with Gasteiger partial charge in [-0.1, -0.05) is 109 Å². The molecule has 0 aliphatic heterocycles. The fraction of sp³-hybridized carbons (Fsp3) is 0.514. The summed E-state index contributed by atoms with van der Waals surface area (Å²) in [7, 11) is 0. The first-order valence-corrected chi connectivity index (χ1v) is 15.6. The zero-order valence-corrected chi connectivity index (χ0v) is 25.1. The van der Waals surface area contributed by atoms with Crippen molar-refractivity contribution in [2.24, 2.45) is 5.92 Å². The second-order valence-corrected chi connectivity index (χ2v) is 11.1. The summed E-state index contributed by atoms with van der Waals surface area (Å²) in [6.07, 6.45) is 13.0. The average Bonchev–Trinajstić information content (AvgIpc) is 2.98. The summed E-state index contributed by atoms with van der Waals surface area (Å²) in [5, 5.41) is 0. The van der Waals surface area contributed by atoms with E-state index in [0.29, 0.717) is 24.2 Å². The maximum atomic E-state index is 13.4. The van der Waals surface area contributed by atoms with E-state index >= 15 is 0 Å². The highest BCUT2D eigenvalue weighted by atomic mass is 19.4. The van der Waals surface area contributed by atoms with Gasteiger partial charge in [0.2, 0.25) is 0 Å². The number of nitrogens with zero attached hydrogens (tertiary/aromatic N) is 2. The van der Waals surface area contributed by atoms with Crippen LogP contribution in [0.3, 0.4) is 0 Å². The van der Waals surface area contributed by atoms with Crippen LogP contribution in [0.15, 0.2) is 60.9 Å². The van der Waals surface area contributed by atoms with Gasteiger partial charge in [-0.2, -0.15) is 13.2 Å². The normalized spacial score (nSPS) is 12.3. The minimum Gasteiger partial charge on any atom is -0.426 e. The summed E-state index contributed by atoms with van der Waals surface area (Å²) in [4.78, 5) is 21.3. The predicted molar refractivity (Wildman–Crippen MR) is 163 cm³/mol. The van der Waals surface area contributed by atoms with E-state index in [-0.39, 0.29) is 12.2 Å². The van der Waals surface area contributed by atoms with Crippen LogP contribution in [0, 0.1) is 5.92 Å². The molecule has 1 heterocycles. The Bertz CT molecular complexity index is 1180. The second kappa shape index (κ2) is 17.7. The van der Waals surface area contributed by atoms with E-state index in [1.54, 1.807) is 24.5 Å². The molecule has 3 aromatic rings. The van der Waals surface area contributed by atoms with Crippen LogP contribution in [-0.2, 0) is 11.2 Å². The van der Waals surface area contributed by atoms with E-state index < -0.39 is 18.1 Å². The first kappa shape index (κ1) is 33.3. The molecule has 0 fully saturated rings. The van der Waals surface area contributed by atoms with Gasteiger partial charge >= 0.3 is 12.1 Å². The molecule has 0 aliphatic carbocycles. The van der Waals surface area contributed by atoms with Crippen molar-refractivity contribution < 1.29 is 22.7 Å². The number of benzene rings is 2. The largest absolute Gasteiger partial charge is 0.426 e. The molecule has 3 rings (SSSR count). The number of aromatic nitrogens is 2. The number of hydrogen-bond donors (Lipinski definition) is 0. The third-order valence-electron chi connectivity index (χ3n) is 7.62. The van der Waals surface area contributed by atoms with E-state index in [1.165, 1.54) is 69.1 Å². The molecule has 228 valence electrons. The SMILES string of the molecule is CCCCCCCCCCc1ccc(-c2cnc(-c3ccc(OC(=O)C(CCCCCC)C(F)(F)F)cc3)nc2)cc1. The molecule has 4 nitrogen and oxygen atoms in total. The minimum absolute atomic E-state index is 0.0650. The highest BCUT2D eigenvalue weighted by molar-refractivity contribution is 5.76. The minimum atomic E-state index is -4.63. The maximum absolute atomic E-state index is 13.4. The molecule has 1 aromatic heterocycles. The van der Waals surface area contributed by atoms with Crippen LogP contribution in [0.4, 0.5) is 13.2 Å². The number of unbranched alkanes of at least 4 members (excludes halogenated alkanes) is 10. The molecule has 0 saturated heterocycles. The van der Waals surface area contributed by atoms with Crippen molar-refractivity contribution in [2.75, 3.05) is 0 Å². The average molecular weight is 583 g/mol. The molecule has 2 aromatic carbocycles. The van der Waals surface area contributed by atoms with Crippen molar-refractivity contribution >= 4 is 5.97 Å². The lowest BCUT2D eigenvalue weighted by Crippen LogP contribution is -2.33. The number of rotatable bonds is 18. The Morgan fingerprint density at radius 2 is 1.21 bits per heavy atom. The van der Waals surface area contributed by atoms with Gasteiger partial charge in [-0.25, -0.2) is 9.97 Å². The number of carbonyl (C=O) groups excluding carboxylic acids is 1. The van der Waals surface area contributed by atoms with Crippen molar-refractivity contribution in [3.8, 4) is 28.3 Å². The van der Waals surface area contributed by atoms with E-state index in [0.717, 1.165) is 30.4 Å². The summed E-state index contributed by atoms with van der Waals surface area (Å²) in [6, 6.07) is 14.8. The zero-order valence-electron chi connectivity index (χ0n) is 25.1. The summed E-state index contributed by atoms with van der Waals surface area (Å²) in [5.74, 6) is -2.84. The lowest BCUT2D eigenvalue weighted by Gasteiger charge is -2.18. The third kappa shape index (κ3) is 11.2. The fourth-order valence-electron chi connectivity index (χ4n) is 5.00. The number of halogens is 3. The standard InChI is InChI=1S/C35H45F3N2O2/c1-3-5-7-9-10-11-12-13-15-27-17-19-28(20-18-27)30-25-39-33(40-26-30)29-21-23-31(24-22-29)42-34(41)32(35(36,37)38)16-14-8-6-4-2/h17-26,32H,3-16H2,1-2H3. The van der Waals surface area contributed by atoms with Gasteiger partial charge in [0.25, 0.3) is 0 Å². The number of hydrogen-bond acceptors (Lipinski definition) is 4. The van der Waals surface area contributed by atoms with Gasteiger partial charge in [-0.15, -0.1) is 0 Å². The first-order valence-electron chi connectivity index (χ1n) is 15.6. The Hall–Kier alpha value is -3.22. The van der Waals surface area contributed by atoms with Crippen molar-refractivity contribution in [2.45, 2.75) is 110 Å². The van der Waals surface area contributed by atoms with Crippen LogP contribution in [-0.4, -0.2) is 22.1 Å². The Kier molecular flexibility index (Phi) is 14.0. The van der Waals surface area contributed by atoms with E-state index in [9.17, 15) is 18.0 Å². The monoisotopic (exact) mass is 582 g/mol. The van der Waals surface area contributed by atoms with E-state index in [2.05, 4.69) is 41.2 Å². The van der Waals surface area contributed by atoms with Crippen LogP contribution in [0.25, 0.3) is 22.5 Å². The van der Waals surface area contributed by atoms with Gasteiger partial charge < -0.3 is 4.74 Å². The molecule has 1 unspecified atom stereocenters. The van der Waals surface area contributed by atoms with Crippen molar-refractivity contribution in [1.29, 1.82) is 0 Å². The van der Waals surface area contributed by atoms with Gasteiger partial charge in [0.15, 0.2) is 11.7 Å². The Morgan fingerprint density at radius 1 is 0.690 bits per heavy atom. The lowest BCUT2D eigenvalue weighted by molar-refractivity contribution is -0.193. The van der Waals surface area contributed by atoms with Crippen molar-refractivity contribution in [1.82, 2.24) is 9.97 Å². The molecular formula is C35H45F3N2O2. The number of carbonyl (C=O) groups is 1. The van der Waals surface area contributed by atoms with Gasteiger partial charge in [0.05, 0.1) is 0 Å². The molecule has 0 N–H and O–H groups in total. The van der Waals surface area contributed by atoms with Gasteiger partial charge in [-0.05, 0) is 54.7 Å². The Morgan fingerprint density at radius 3 is 1.79 bits per heavy atom. The molecule has 0 amide bonds. The van der Waals surface area contributed by atoms with Crippen LogP contribution in [0.2, 0.25) is 0 Å². The maximum Gasteiger partial charge on any atom is 0.402 e. The topological polar surface area (TPSA) is 52.1 Å². The zero-order chi connectivity index (χ0) is 30.2. The molecule has 42 heavy (non-hydrogen) atoms. The van der Waals surface area contributed by atoms with Crippen LogP contribution < -0.4 is 4.74 Å². The fourth-order valence-corrected chi connectivity index (χ4v) is 5.00. The Labute approximate surface area is 249 Å². The van der Waals surface area contributed by atoms with Crippen molar-refractivity contribution in [3.05, 3.63) is 66.5 Å². The summed E-state index contributed by atoms with van der Waals surface area (Å²) in [6.45, 7) is 4.23. The van der Waals surface area contributed by atoms with Gasteiger partial charge in [0.1, 0.15) is 5.75 Å². The summed E-state index contributed by atoms with van der Waals surface area (Å²) >= 11 is 0. The highest BCUT2D eigenvalue weighted by Crippen LogP contribution is 2.32. The summed E-state index contributed by atoms with van der Waals surface area (Å²) < 4.78 is 45.4. The summed E-state index contributed by atoms with van der Waals surface area (Å²) in [5.41, 5.74) is 3.95. The number of aryl methyl sites for hydroxylation is 1.